The summed E-state index contributed by atoms with van der Waals surface area (Å²) in [4.78, 5) is 14.9. The van der Waals surface area contributed by atoms with E-state index >= 15 is 0 Å². The molecule has 1 aliphatic heterocycles. The fourth-order valence-electron chi connectivity index (χ4n) is 3.40. The van der Waals surface area contributed by atoms with Gasteiger partial charge in [-0.05, 0) is 0 Å². The van der Waals surface area contributed by atoms with Crippen molar-refractivity contribution in [2.75, 3.05) is 46.6 Å². The smallest absolute Gasteiger partial charge is 0.204 e. The summed E-state index contributed by atoms with van der Waals surface area (Å²) in [7, 11) is 1.48. The highest BCUT2D eigenvalue weighted by Gasteiger charge is 2.20. The summed E-state index contributed by atoms with van der Waals surface area (Å²) in [6.07, 6.45) is 0. The molecule has 2 aromatic carbocycles. The van der Waals surface area contributed by atoms with E-state index in [9.17, 15) is 9.90 Å². The lowest BCUT2D eigenvalue weighted by Gasteiger charge is -2.26. The molecule has 3 aromatic rings. The van der Waals surface area contributed by atoms with Gasteiger partial charge in [0.1, 0.15) is 23.3 Å². The molecule has 1 fully saturated rings. The van der Waals surface area contributed by atoms with Gasteiger partial charge in [-0.25, -0.2) is 0 Å². The van der Waals surface area contributed by atoms with Crippen LogP contribution in [-0.2, 0) is 4.74 Å². The van der Waals surface area contributed by atoms with Crippen molar-refractivity contribution in [1.82, 2.24) is 4.90 Å². The van der Waals surface area contributed by atoms with Crippen molar-refractivity contribution in [3.63, 3.8) is 0 Å². The Balaban J connectivity index is 1.66. The Bertz CT molecular complexity index is 1040. The molecule has 0 radical (unpaired) electrons. The lowest BCUT2D eigenvalue weighted by molar-refractivity contribution is 0.0319. The van der Waals surface area contributed by atoms with Crippen molar-refractivity contribution in [2.45, 2.75) is 0 Å². The highest BCUT2D eigenvalue weighted by Crippen LogP contribution is 2.42. The summed E-state index contributed by atoms with van der Waals surface area (Å²) in [5.74, 6) is 0.610. The Kier molecular flexibility index (Phi) is 5.69. The van der Waals surface area contributed by atoms with E-state index in [0.29, 0.717) is 37.9 Å². The van der Waals surface area contributed by atoms with Crippen LogP contribution in [-0.4, -0.2) is 56.6 Å². The predicted octanol–water partition coefficient (Wildman–Crippen LogP) is 2.89. The van der Waals surface area contributed by atoms with Gasteiger partial charge in [0, 0.05) is 37.3 Å². The lowest BCUT2D eigenvalue weighted by atomic mass is 10.1. The number of nitrogens with zero attached hydrogens (tertiary/aromatic N) is 1. The van der Waals surface area contributed by atoms with Crippen LogP contribution in [0.3, 0.4) is 0 Å². The van der Waals surface area contributed by atoms with E-state index in [1.807, 2.05) is 30.3 Å². The number of phenolic OH excluding ortho intramolecular Hbond substituents is 1. The molecule has 4 rings (SSSR count). The summed E-state index contributed by atoms with van der Waals surface area (Å²) < 4.78 is 22.4. The summed E-state index contributed by atoms with van der Waals surface area (Å²) >= 11 is 0. The van der Waals surface area contributed by atoms with E-state index in [1.165, 1.54) is 13.2 Å². The zero-order valence-electron chi connectivity index (χ0n) is 16.2. The van der Waals surface area contributed by atoms with Crippen LogP contribution in [0.1, 0.15) is 0 Å². The number of benzene rings is 2. The second-order valence-electron chi connectivity index (χ2n) is 6.77. The van der Waals surface area contributed by atoms with Crippen LogP contribution in [0, 0.1) is 0 Å². The van der Waals surface area contributed by atoms with E-state index in [4.69, 9.17) is 18.6 Å². The molecule has 0 bridgehead atoms. The van der Waals surface area contributed by atoms with Crippen LogP contribution in [0.5, 0.6) is 17.2 Å². The van der Waals surface area contributed by atoms with Crippen molar-refractivity contribution in [2.24, 2.45) is 0 Å². The highest BCUT2D eigenvalue weighted by molar-refractivity contribution is 5.89. The average Bonchev–Trinajstić information content (AvgIpc) is 2.76. The molecule has 1 saturated heterocycles. The Hall–Kier alpha value is -3.03. The molecule has 152 valence electrons. The van der Waals surface area contributed by atoms with E-state index < -0.39 is 0 Å². The normalized spacial score (nSPS) is 14.8. The van der Waals surface area contributed by atoms with E-state index in [0.717, 1.165) is 18.7 Å². The molecule has 0 spiro atoms. The maximum absolute atomic E-state index is 12.7. The quantitative estimate of drug-likeness (QED) is 0.685. The fraction of sp³-hybridized carbons (Fsp3) is 0.318. The van der Waals surface area contributed by atoms with Crippen molar-refractivity contribution < 1.29 is 23.7 Å². The topological polar surface area (TPSA) is 81.4 Å². The highest BCUT2D eigenvalue weighted by atomic mass is 16.5. The average molecular weight is 397 g/mol. The molecule has 0 unspecified atom stereocenters. The molecular weight excluding hydrogens is 374 g/mol. The van der Waals surface area contributed by atoms with Gasteiger partial charge in [0.2, 0.25) is 5.75 Å². The van der Waals surface area contributed by atoms with Gasteiger partial charge < -0.3 is 23.7 Å². The minimum Gasteiger partial charge on any atom is -0.504 e. The summed E-state index contributed by atoms with van der Waals surface area (Å²) in [5, 5.41) is 10.8. The first-order chi connectivity index (χ1) is 14.2. The Morgan fingerprint density at radius 2 is 1.90 bits per heavy atom. The van der Waals surface area contributed by atoms with Gasteiger partial charge in [0.15, 0.2) is 16.9 Å². The maximum atomic E-state index is 12.7. The largest absolute Gasteiger partial charge is 0.504 e. The summed E-state index contributed by atoms with van der Waals surface area (Å²) in [6.45, 7) is 4.13. The monoisotopic (exact) mass is 397 g/mol. The maximum Gasteiger partial charge on any atom is 0.204 e. The number of methoxy groups -OCH3 is 1. The minimum atomic E-state index is -0.344. The van der Waals surface area contributed by atoms with Crippen LogP contribution in [0.4, 0.5) is 0 Å². The lowest BCUT2D eigenvalue weighted by Crippen LogP contribution is -2.38. The second-order valence-corrected chi connectivity index (χ2v) is 6.77. The first-order valence-corrected chi connectivity index (χ1v) is 9.53. The fourth-order valence-corrected chi connectivity index (χ4v) is 3.40. The standard InChI is InChI=1S/C22H23NO6/c1-26-19-14-18-20(16(24)13-17(29-18)15-5-3-2-4-6-15)21(25)22(19)28-12-9-23-7-10-27-11-8-23/h2-6,13-14,25H,7-12H2,1H3. The molecular formula is C22H23NO6. The van der Waals surface area contributed by atoms with Gasteiger partial charge in [0.05, 0.1) is 20.3 Å². The molecule has 0 amide bonds. The van der Waals surface area contributed by atoms with Gasteiger partial charge in [-0.2, -0.15) is 0 Å². The molecule has 0 atom stereocenters. The zero-order valence-corrected chi connectivity index (χ0v) is 16.2. The zero-order chi connectivity index (χ0) is 20.2. The van der Waals surface area contributed by atoms with Crippen molar-refractivity contribution >= 4 is 11.0 Å². The Morgan fingerprint density at radius 3 is 2.62 bits per heavy atom. The van der Waals surface area contributed by atoms with E-state index in [2.05, 4.69) is 4.90 Å². The number of hydrogen-bond donors (Lipinski definition) is 1. The number of morpholine rings is 1. The SMILES string of the molecule is COc1cc2oc(-c3ccccc3)cc(=O)c2c(O)c1OCCN1CCOCC1. The van der Waals surface area contributed by atoms with Crippen LogP contribution in [0.15, 0.2) is 51.7 Å². The van der Waals surface area contributed by atoms with Gasteiger partial charge in [-0.1, -0.05) is 30.3 Å². The van der Waals surface area contributed by atoms with Gasteiger partial charge in [-0.15, -0.1) is 0 Å². The molecule has 7 nitrogen and oxygen atoms in total. The van der Waals surface area contributed by atoms with Crippen molar-refractivity contribution in [3.8, 4) is 28.6 Å². The third-order valence-electron chi connectivity index (χ3n) is 4.95. The van der Waals surface area contributed by atoms with Gasteiger partial charge in [-0.3, -0.25) is 9.69 Å². The summed E-state index contributed by atoms with van der Waals surface area (Å²) in [6, 6.07) is 12.3. The number of hydrogen-bond acceptors (Lipinski definition) is 7. The van der Waals surface area contributed by atoms with E-state index in [1.54, 1.807) is 6.07 Å². The summed E-state index contributed by atoms with van der Waals surface area (Å²) in [5.41, 5.74) is 0.672. The van der Waals surface area contributed by atoms with Crippen LogP contribution < -0.4 is 14.9 Å². The van der Waals surface area contributed by atoms with Crippen molar-refractivity contribution in [3.05, 3.63) is 52.7 Å². The van der Waals surface area contributed by atoms with Crippen LogP contribution in [0.2, 0.25) is 0 Å². The molecule has 29 heavy (non-hydrogen) atoms. The number of fused-ring (bicyclic) bond motifs is 1. The third kappa shape index (κ3) is 4.06. The number of ether oxygens (including phenoxy) is 3. The van der Waals surface area contributed by atoms with Crippen LogP contribution >= 0.6 is 0 Å². The third-order valence-corrected chi connectivity index (χ3v) is 4.95. The number of rotatable bonds is 6. The molecule has 1 aliphatic rings. The molecule has 2 heterocycles. The number of phenols is 1. The minimum absolute atomic E-state index is 0.0758. The number of aromatic hydroxyl groups is 1. The molecule has 7 heteroatoms. The van der Waals surface area contributed by atoms with Gasteiger partial charge in [0.25, 0.3) is 0 Å². The van der Waals surface area contributed by atoms with Crippen molar-refractivity contribution in [1.29, 1.82) is 0 Å². The first kappa shape index (κ1) is 19.3. The molecule has 0 saturated carbocycles. The molecule has 0 aliphatic carbocycles. The van der Waals surface area contributed by atoms with Crippen LogP contribution in [0.25, 0.3) is 22.3 Å². The second kappa shape index (κ2) is 8.55. The Labute approximate surface area is 168 Å². The van der Waals surface area contributed by atoms with Gasteiger partial charge >= 0.3 is 0 Å². The van der Waals surface area contributed by atoms with E-state index in [-0.39, 0.29) is 27.9 Å². The Morgan fingerprint density at radius 1 is 1.14 bits per heavy atom. The predicted molar refractivity (Wildman–Crippen MR) is 109 cm³/mol. The first-order valence-electron chi connectivity index (χ1n) is 9.53. The molecule has 1 aromatic heterocycles. The molecule has 1 N–H and O–H groups in total.